The number of rotatable bonds is 9. The predicted octanol–water partition coefficient (Wildman–Crippen LogP) is 1.11. The lowest BCUT2D eigenvalue weighted by Gasteiger charge is -2.33. The first-order valence-corrected chi connectivity index (χ1v) is 8.88. The van der Waals surface area contributed by atoms with Crippen LogP contribution in [0.4, 0.5) is 0 Å². The Morgan fingerprint density at radius 3 is 2.53 bits per heavy atom. The molecule has 19 heavy (non-hydrogen) atoms. The third kappa shape index (κ3) is 7.25. The summed E-state index contributed by atoms with van der Waals surface area (Å²) in [4.78, 5) is 0. The summed E-state index contributed by atoms with van der Waals surface area (Å²) in [6, 6.07) is 0. The Labute approximate surface area is 117 Å². The van der Waals surface area contributed by atoms with Crippen molar-refractivity contribution >= 4 is 10.0 Å². The molecule has 6 heteroatoms. The second-order valence-electron chi connectivity index (χ2n) is 5.62. The third-order valence-corrected chi connectivity index (χ3v) is 5.10. The quantitative estimate of drug-likeness (QED) is 0.625. The molecule has 0 bridgehead atoms. The highest BCUT2D eigenvalue weighted by molar-refractivity contribution is 7.89. The molecule has 0 amide bonds. The summed E-state index contributed by atoms with van der Waals surface area (Å²) in [5.41, 5.74) is 0.0507. The average molecular weight is 292 g/mol. The molecule has 0 aromatic rings. The zero-order valence-electron chi connectivity index (χ0n) is 12.2. The van der Waals surface area contributed by atoms with E-state index in [1.54, 1.807) is 0 Å². The van der Waals surface area contributed by atoms with Crippen molar-refractivity contribution in [3.63, 3.8) is 0 Å². The molecule has 0 spiro atoms. The van der Waals surface area contributed by atoms with Crippen LogP contribution in [0.1, 0.15) is 39.5 Å². The maximum atomic E-state index is 11.9. The van der Waals surface area contributed by atoms with Crippen molar-refractivity contribution < 1.29 is 13.2 Å². The minimum absolute atomic E-state index is 0.0507. The zero-order chi connectivity index (χ0) is 14.2. The van der Waals surface area contributed by atoms with Crippen LogP contribution in [0.15, 0.2) is 0 Å². The topological polar surface area (TPSA) is 67.4 Å². The van der Waals surface area contributed by atoms with E-state index in [0.717, 1.165) is 45.6 Å². The molecule has 0 aliphatic carbocycles. The highest BCUT2D eigenvalue weighted by atomic mass is 32.2. The molecule has 0 unspecified atom stereocenters. The molecule has 0 atom stereocenters. The molecule has 0 saturated carbocycles. The van der Waals surface area contributed by atoms with Gasteiger partial charge >= 0.3 is 0 Å². The summed E-state index contributed by atoms with van der Waals surface area (Å²) < 4.78 is 31.8. The number of unbranched alkanes of at least 4 members (excludes halogenated alkanes) is 1. The Kier molecular flexibility index (Phi) is 7.28. The average Bonchev–Trinajstić information content (AvgIpc) is 2.38. The fourth-order valence-electron chi connectivity index (χ4n) is 2.12. The summed E-state index contributed by atoms with van der Waals surface area (Å²) in [5.74, 6) is 0.227. The molecule has 0 radical (unpaired) electrons. The van der Waals surface area contributed by atoms with Gasteiger partial charge in [0.25, 0.3) is 0 Å². The number of hydrogen-bond donors (Lipinski definition) is 2. The zero-order valence-corrected chi connectivity index (χ0v) is 13.0. The van der Waals surface area contributed by atoms with E-state index in [-0.39, 0.29) is 11.2 Å². The Balaban J connectivity index is 2.22. The van der Waals surface area contributed by atoms with Gasteiger partial charge in [0.15, 0.2) is 0 Å². The molecule has 1 aliphatic rings. The van der Waals surface area contributed by atoms with Gasteiger partial charge in [-0.05, 0) is 44.2 Å². The van der Waals surface area contributed by atoms with E-state index in [9.17, 15) is 8.42 Å². The van der Waals surface area contributed by atoms with E-state index in [1.807, 2.05) is 6.92 Å². The lowest BCUT2D eigenvalue weighted by molar-refractivity contribution is 0.0265. The maximum absolute atomic E-state index is 11.9. The Bertz CT molecular complexity index is 338. The molecule has 114 valence electrons. The van der Waals surface area contributed by atoms with E-state index >= 15 is 0 Å². The van der Waals surface area contributed by atoms with Crippen LogP contribution in [0, 0.1) is 5.41 Å². The van der Waals surface area contributed by atoms with Gasteiger partial charge in [-0.3, -0.25) is 0 Å². The Hall–Kier alpha value is -0.170. The van der Waals surface area contributed by atoms with Gasteiger partial charge in [0.2, 0.25) is 10.0 Å². The molecular weight excluding hydrogens is 264 g/mol. The van der Waals surface area contributed by atoms with Crippen molar-refractivity contribution in [3.05, 3.63) is 0 Å². The first-order chi connectivity index (χ1) is 8.97. The Morgan fingerprint density at radius 2 is 1.89 bits per heavy atom. The molecule has 2 N–H and O–H groups in total. The fraction of sp³-hybridized carbons (Fsp3) is 1.00. The lowest BCUT2D eigenvalue weighted by Crippen LogP contribution is -2.40. The van der Waals surface area contributed by atoms with Crippen LogP contribution in [0.5, 0.6) is 0 Å². The first-order valence-electron chi connectivity index (χ1n) is 7.23. The molecule has 5 nitrogen and oxygen atoms in total. The van der Waals surface area contributed by atoms with Crippen molar-refractivity contribution in [2.75, 3.05) is 38.6 Å². The van der Waals surface area contributed by atoms with E-state index in [1.165, 1.54) is 0 Å². The summed E-state index contributed by atoms with van der Waals surface area (Å²) in [5, 5.41) is 3.20. The van der Waals surface area contributed by atoms with E-state index in [0.29, 0.717) is 13.0 Å². The normalized spacial score (nSPS) is 19.5. The minimum atomic E-state index is -3.12. The first kappa shape index (κ1) is 16.9. The van der Waals surface area contributed by atoms with Crippen LogP contribution in [0.3, 0.4) is 0 Å². The van der Waals surface area contributed by atoms with Crippen LogP contribution in [0.2, 0.25) is 0 Å². The molecular formula is C13H28N2O3S. The van der Waals surface area contributed by atoms with Gasteiger partial charge in [-0.15, -0.1) is 0 Å². The van der Waals surface area contributed by atoms with Gasteiger partial charge in [0, 0.05) is 19.8 Å². The van der Waals surface area contributed by atoms with Crippen molar-refractivity contribution in [3.8, 4) is 0 Å². The molecule has 1 rings (SSSR count). The maximum Gasteiger partial charge on any atom is 0.211 e. The molecule has 1 heterocycles. The number of sulfonamides is 1. The molecule has 1 aliphatic heterocycles. The third-order valence-electron chi connectivity index (χ3n) is 3.69. The number of nitrogens with one attached hydrogen (secondary N) is 2. The lowest BCUT2D eigenvalue weighted by atomic mass is 9.83. The monoisotopic (exact) mass is 292 g/mol. The molecule has 0 aromatic carbocycles. The second kappa shape index (κ2) is 8.19. The summed E-state index contributed by atoms with van der Waals surface area (Å²) >= 11 is 0. The highest BCUT2D eigenvalue weighted by Crippen LogP contribution is 2.28. The summed E-state index contributed by atoms with van der Waals surface area (Å²) in [7, 11) is -3.12. The van der Waals surface area contributed by atoms with E-state index in [2.05, 4.69) is 17.0 Å². The van der Waals surface area contributed by atoms with Gasteiger partial charge in [-0.2, -0.15) is 0 Å². The van der Waals surface area contributed by atoms with Gasteiger partial charge in [-0.25, -0.2) is 13.1 Å². The number of hydrogen-bond acceptors (Lipinski definition) is 4. The summed E-state index contributed by atoms with van der Waals surface area (Å²) in [6.45, 7) is 8.01. The van der Waals surface area contributed by atoms with E-state index < -0.39 is 10.0 Å². The summed E-state index contributed by atoms with van der Waals surface area (Å²) in [6.07, 6.45) is 3.47. The van der Waals surface area contributed by atoms with Crippen LogP contribution in [-0.4, -0.2) is 47.0 Å². The standard InChI is InChI=1S/C13H28N2O3S/c1-3-14-8-4-5-11-19(16,17)15-12-13(2)6-9-18-10-7-13/h14-15H,3-12H2,1-2H3. The molecule has 0 aromatic heterocycles. The van der Waals surface area contributed by atoms with Crippen LogP contribution in [-0.2, 0) is 14.8 Å². The van der Waals surface area contributed by atoms with Crippen LogP contribution in [0.25, 0.3) is 0 Å². The number of ether oxygens (including phenoxy) is 1. The SMILES string of the molecule is CCNCCCCS(=O)(=O)NCC1(C)CCOCC1. The smallest absolute Gasteiger partial charge is 0.211 e. The van der Waals surface area contributed by atoms with Crippen molar-refractivity contribution in [2.24, 2.45) is 5.41 Å². The molecule has 1 saturated heterocycles. The van der Waals surface area contributed by atoms with Crippen LogP contribution < -0.4 is 10.0 Å². The fourth-order valence-corrected chi connectivity index (χ4v) is 3.41. The minimum Gasteiger partial charge on any atom is -0.381 e. The van der Waals surface area contributed by atoms with Gasteiger partial charge in [0.05, 0.1) is 5.75 Å². The van der Waals surface area contributed by atoms with Crippen molar-refractivity contribution in [1.82, 2.24) is 10.0 Å². The second-order valence-corrected chi connectivity index (χ2v) is 7.55. The van der Waals surface area contributed by atoms with Crippen LogP contribution >= 0.6 is 0 Å². The largest absolute Gasteiger partial charge is 0.381 e. The van der Waals surface area contributed by atoms with E-state index in [4.69, 9.17) is 4.74 Å². The highest BCUT2D eigenvalue weighted by Gasteiger charge is 2.28. The molecule has 1 fully saturated rings. The van der Waals surface area contributed by atoms with Crippen molar-refractivity contribution in [2.45, 2.75) is 39.5 Å². The Morgan fingerprint density at radius 1 is 1.21 bits per heavy atom. The predicted molar refractivity (Wildman–Crippen MR) is 77.7 cm³/mol. The van der Waals surface area contributed by atoms with Crippen molar-refractivity contribution in [1.29, 1.82) is 0 Å². The van der Waals surface area contributed by atoms with Gasteiger partial charge < -0.3 is 10.1 Å². The van der Waals surface area contributed by atoms with Gasteiger partial charge in [-0.1, -0.05) is 13.8 Å². The van der Waals surface area contributed by atoms with Gasteiger partial charge in [0.1, 0.15) is 0 Å².